The van der Waals surface area contributed by atoms with Gasteiger partial charge in [0.05, 0.1) is 13.0 Å². The minimum atomic E-state index is -6.37. The number of halogens is 4. The molecule has 41 heavy (non-hydrogen) atoms. The SMILES string of the molecule is CC(CCC(=O)OCCC(F)(F)C(F)(F)S(=O)(=O)O)C1CCC2C3CC(=O)C4CC(=O)CCC4(C)C3CC(=O)C12C. The predicted molar refractivity (Wildman–Crippen MR) is 136 cm³/mol. The first kappa shape index (κ1) is 32.0. The molecule has 0 aliphatic heterocycles. The minimum absolute atomic E-state index is 0.000734. The molecule has 4 aliphatic rings. The summed E-state index contributed by atoms with van der Waals surface area (Å²) in [5.74, 6) is -6.20. The van der Waals surface area contributed by atoms with Gasteiger partial charge >= 0.3 is 27.3 Å². The van der Waals surface area contributed by atoms with Crippen molar-refractivity contribution in [3.63, 3.8) is 0 Å². The third-order valence-electron chi connectivity index (χ3n) is 11.1. The Balaban J connectivity index is 1.36. The molecule has 1 N–H and O–H groups in total. The Kier molecular flexibility index (Phi) is 8.34. The summed E-state index contributed by atoms with van der Waals surface area (Å²) in [7, 11) is -6.37. The van der Waals surface area contributed by atoms with E-state index in [4.69, 9.17) is 4.55 Å². The van der Waals surface area contributed by atoms with Crippen molar-refractivity contribution >= 4 is 33.4 Å². The highest BCUT2D eigenvalue weighted by Crippen LogP contribution is 2.66. The van der Waals surface area contributed by atoms with E-state index in [1.165, 1.54) is 0 Å². The lowest BCUT2D eigenvalue weighted by molar-refractivity contribution is -0.174. The lowest BCUT2D eigenvalue weighted by atomic mass is 9.44. The van der Waals surface area contributed by atoms with Gasteiger partial charge in [-0.25, -0.2) is 0 Å². The number of fused-ring (bicyclic) bond motifs is 5. The quantitative estimate of drug-likeness (QED) is 0.218. The lowest BCUT2D eigenvalue weighted by Crippen LogP contribution is -2.59. The number of carbonyl (C=O) groups excluding carboxylic acids is 4. The van der Waals surface area contributed by atoms with Gasteiger partial charge in [-0.2, -0.15) is 26.0 Å². The number of Topliss-reactive ketones (excluding diaryl/α,β-unsaturated/α-hetero) is 3. The third-order valence-corrected chi connectivity index (χ3v) is 12.1. The number of ketones is 3. The zero-order valence-electron chi connectivity index (χ0n) is 23.5. The monoisotopic (exact) mass is 610 g/mol. The van der Waals surface area contributed by atoms with Crippen LogP contribution in [0.4, 0.5) is 17.6 Å². The van der Waals surface area contributed by atoms with E-state index in [-0.39, 0.29) is 77.5 Å². The molecule has 0 amide bonds. The van der Waals surface area contributed by atoms with Crippen LogP contribution in [-0.2, 0) is 34.0 Å². The Morgan fingerprint density at radius 3 is 2.37 bits per heavy atom. The van der Waals surface area contributed by atoms with Crippen LogP contribution in [0.15, 0.2) is 0 Å². The van der Waals surface area contributed by atoms with Crippen molar-refractivity contribution in [2.75, 3.05) is 6.61 Å². The van der Waals surface area contributed by atoms with E-state index in [0.717, 1.165) is 12.8 Å². The molecule has 0 radical (unpaired) electrons. The van der Waals surface area contributed by atoms with Crippen LogP contribution >= 0.6 is 0 Å². The molecular weight excluding hydrogens is 572 g/mol. The maximum absolute atomic E-state index is 13.8. The number of esters is 1. The van der Waals surface area contributed by atoms with Gasteiger partial charge in [-0.1, -0.05) is 20.8 Å². The highest BCUT2D eigenvalue weighted by atomic mass is 32.2. The van der Waals surface area contributed by atoms with Crippen LogP contribution in [0.25, 0.3) is 0 Å². The molecule has 0 heterocycles. The highest BCUT2D eigenvalue weighted by Gasteiger charge is 2.66. The first-order valence-electron chi connectivity index (χ1n) is 14.2. The van der Waals surface area contributed by atoms with Crippen LogP contribution < -0.4 is 0 Å². The average molecular weight is 611 g/mol. The Morgan fingerprint density at radius 1 is 1.07 bits per heavy atom. The van der Waals surface area contributed by atoms with Gasteiger partial charge in [-0.05, 0) is 60.7 Å². The lowest BCUT2D eigenvalue weighted by Gasteiger charge is -2.59. The van der Waals surface area contributed by atoms with E-state index < -0.39 is 45.7 Å². The van der Waals surface area contributed by atoms with Crippen LogP contribution in [0.3, 0.4) is 0 Å². The van der Waals surface area contributed by atoms with Crippen molar-refractivity contribution in [1.82, 2.24) is 0 Å². The van der Waals surface area contributed by atoms with Crippen molar-refractivity contribution < 1.29 is 54.4 Å². The Hall–Kier alpha value is -1.89. The summed E-state index contributed by atoms with van der Waals surface area (Å²) in [4.78, 5) is 51.4. The molecule has 8 nitrogen and oxygen atoms in total. The van der Waals surface area contributed by atoms with Gasteiger partial charge < -0.3 is 4.74 Å². The largest absolute Gasteiger partial charge is 0.465 e. The Morgan fingerprint density at radius 2 is 1.73 bits per heavy atom. The third kappa shape index (κ3) is 5.27. The molecule has 4 aliphatic carbocycles. The van der Waals surface area contributed by atoms with Gasteiger partial charge in [0, 0.05) is 43.4 Å². The standard InChI is InChI=1S/C28H38F4O8S/c1-15(4-7-24(36)40-11-10-27(29,30)28(31,32)41(37,38)39)18-5-6-19-17-13-22(34)21-12-16(33)8-9-25(21,2)20(17)14-23(35)26(18,19)3/h15,17-21H,4-14H2,1-3H3,(H,37,38,39). The highest BCUT2D eigenvalue weighted by molar-refractivity contribution is 7.87. The van der Waals surface area contributed by atoms with Crippen LogP contribution in [-0.4, -0.2) is 54.1 Å². The smallest absolute Gasteiger partial charge is 0.431 e. The summed E-state index contributed by atoms with van der Waals surface area (Å²) in [6.07, 6.45) is 1.72. The van der Waals surface area contributed by atoms with Crippen LogP contribution in [0, 0.1) is 46.3 Å². The summed E-state index contributed by atoms with van der Waals surface area (Å²) in [5, 5.41) is -5.73. The van der Waals surface area contributed by atoms with Crippen molar-refractivity contribution in [2.24, 2.45) is 46.3 Å². The van der Waals surface area contributed by atoms with E-state index in [1.807, 2.05) is 13.8 Å². The average Bonchev–Trinajstić information content (AvgIpc) is 3.23. The number of rotatable bonds is 9. The number of ether oxygens (including phenoxy) is 1. The zero-order valence-corrected chi connectivity index (χ0v) is 24.3. The molecule has 0 aromatic heterocycles. The van der Waals surface area contributed by atoms with Crippen molar-refractivity contribution in [2.45, 2.75) is 96.2 Å². The predicted octanol–water partition coefficient (Wildman–Crippen LogP) is 5.04. The van der Waals surface area contributed by atoms with Crippen LogP contribution in [0.1, 0.15) is 85.0 Å². The van der Waals surface area contributed by atoms with E-state index in [2.05, 4.69) is 11.7 Å². The Bertz CT molecular complexity index is 1220. The summed E-state index contributed by atoms with van der Waals surface area (Å²) in [6.45, 7) is 4.73. The minimum Gasteiger partial charge on any atom is -0.465 e. The fourth-order valence-corrected chi connectivity index (χ4v) is 9.21. The second-order valence-corrected chi connectivity index (χ2v) is 14.6. The molecule has 4 rings (SSSR count). The molecule has 4 fully saturated rings. The second-order valence-electron chi connectivity index (χ2n) is 13.1. The number of hydrogen-bond acceptors (Lipinski definition) is 7. The molecule has 0 aromatic rings. The summed E-state index contributed by atoms with van der Waals surface area (Å²) in [6, 6.07) is 0. The number of alkyl halides is 4. The van der Waals surface area contributed by atoms with E-state index in [9.17, 15) is 45.2 Å². The first-order valence-corrected chi connectivity index (χ1v) is 15.7. The molecule has 0 spiro atoms. The van der Waals surface area contributed by atoms with Crippen LogP contribution in [0.2, 0.25) is 0 Å². The molecule has 13 heteroatoms. The van der Waals surface area contributed by atoms with Gasteiger partial charge in [-0.3, -0.25) is 23.7 Å². The normalized spacial score (nSPS) is 36.8. The molecule has 0 bridgehead atoms. The first-order chi connectivity index (χ1) is 18.8. The molecule has 0 saturated heterocycles. The van der Waals surface area contributed by atoms with Crippen molar-refractivity contribution in [1.29, 1.82) is 0 Å². The van der Waals surface area contributed by atoms with Crippen molar-refractivity contribution in [3.8, 4) is 0 Å². The summed E-state index contributed by atoms with van der Waals surface area (Å²) >= 11 is 0. The molecule has 8 unspecified atom stereocenters. The van der Waals surface area contributed by atoms with Gasteiger partial charge in [0.15, 0.2) is 0 Å². The zero-order chi connectivity index (χ0) is 30.8. The number of hydrogen-bond donors (Lipinski definition) is 1. The molecule has 8 atom stereocenters. The molecular formula is C28H38F4O8S. The summed E-state index contributed by atoms with van der Waals surface area (Å²) in [5.41, 5.74) is -1.07. The summed E-state index contributed by atoms with van der Waals surface area (Å²) < 4.78 is 88.1. The maximum atomic E-state index is 13.8. The molecule has 0 aromatic carbocycles. The van der Waals surface area contributed by atoms with E-state index in [1.54, 1.807) is 0 Å². The number of carbonyl (C=O) groups is 4. The van der Waals surface area contributed by atoms with Gasteiger partial charge in [0.1, 0.15) is 17.3 Å². The second kappa shape index (κ2) is 10.7. The van der Waals surface area contributed by atoms with E-state index in [0.29, 0.717) is 25.7 Å². The van der Waals surface area contributed by atoms with Crippen LogP contribution in [0.5, 0.6) is 0 Å². The topological polar surface area (TPSA) is 132 Å². The fraction of sp³-hybridized carbons (Fsp3) is 0.857. The molecule has 4 saturated carbocycles. The van der Waals surface area contributed by atoms with E-state index >= 15 is 0 Å². The van der Waals surface area contributed by atoms with Crippen molar-refractivity contribution in [3.05, 3.63) is 0 Å². The maximum Gasteiger partial charge on any atom is 0.431 e. The van der Waals surface area contributed by atoms with Gasteiger partial charge in [0.25, 0.3) is 0 Å². The molecule has 232 valence electrons. The fourth-order valence-electron chi connectivity index (χ4n) is 8.73. The van der Waals surface area contributed by atoms with Gasteiger partial charge in [-0.15, -0.1) is 0 Å². The van der Waals surface area contributed by atoms with Gasteiger partial charge in [0.2, 0.25) is 0 Å². The Labute approximate surface area is 237 Å².